The van der Waals surface area contributed by atoms with Gasteiger partial charge in [0.1, 0.15) is 0 Å². The van der Waals surface area contributed by atoms with Crippen LogP contribution in [0.2, 0.25) is 0 Å². The lowest BCUT2D eigenvalue weighted by atomic mass is 10.2. The maximum absolute atomic E-state index is 5.37. The predicted molar refractivity (Wildman–Crippen MR) is 50.9 cm³/mol. The highest BCUT2D eigenvalue weighted by Gasteiger charge is 2.12. The molecule has 0 N–H and O–H groups in total. The van der Waals surface area contributed by atoms with Gasteiger partial charge in [-0.1, -0.05) is 26.0 Å². The summed E-state index contributed by atoms with van der Waals surface area (Å²) in [6, 6.07) is 0. The van der Waals surface area contributed by atoms with E-state index in [1.807, 2.05) is 0 Å². The fraction of sp³-hybridized carbons (Fsp3) is 0.600. The summed E-state index contributed by atoms with van der Waals surface area (Å²) in [5.74, 6) is 0.352. The van der Waals surface area contributed by atoms with Crippen LogP contribution < -0.4 is 0 Å². The molecule has 0 aliphatic heterocycles. The van der Waals surface area contributed by atoms with Crippen molar-refractivity contribution in [3.05, 3.63) is 25.3 Å². The first-order valence-corrected chi connectivity index (χ1v) is 4.17. The second-order valence-corrected chi connectivity index (χ2v) is 2.86. The zero-order valence-electron chi connectivity index (χ0n) is 7.95. The molecule has 0 amide bonds. The Hall–Kier alpha value is -0.600. The minimum Gasteiger partial charge on any atom is -0.348 e. The maximum atomic E-state index is 5.37. The summed E-state index contributed by atoms with van der Waals surface area (Å²) in [6.45, 7) is 12.3. The Bertz CT molecular complexity index is 118. The standard InChI is InChI=1S/C10H18O2/c1-5-7-11-10(9(3)4)12-8-6-2/h5-6,9-10H,1-2,7-8H2,3-4H3. The SMILES string of the molecule is C=CCOC(OCC=C)C(C)C. The van der Waals surface area contributed by atoms with E-state index in [1.165, 1.54) is 0 Å². The van der Waals surface area contributed by atoms with Gasteiger partial charge in [0.25, 0.3) is 0 Å². The highest BCUT2D eigenvalue weighted by molar-refractivity contribution is 4.68. The molecule has 0 aromatic heterocycles. The highest BCUT2D eigenvalue weighted by atomic mass is 16.7. The van der Waals surface area contributed by atoms with Crippen molar-refractivity contribution in [2.24, 2.45) is 5.92 Å². The number of hydrogen-bond acceptors (Lipinski definition) is 2. The second kappa shape index (κ2) is 7.07. The van der Waals surface area contributed by atoms with E-state index in [2.05, 4.69) is 27.0 Å². The molecule has 12 heavy (non-hydrogen) atoms. The fourth-order valence-corrected chi connectivity index (χ4v) is 0.759. The lowest BCUT2D eigenvalue weighted by Crippen LogP contribution is -2.23. The Labute approximate surface area is 74.9 Å². The Morgan fingerprint density at radius 1 is 1.08 bits per heavy atom. The minimum atomic E-state index is -0.152. The van der Waals surface area contributed by atoms with Crippen LogP contribution in [0.4, 0.5) is 0 Å². The third kappa shape index (κ3) is 5.10. The molecular formula is C10H18O2. The summed E-state index contributed by atoms with van der Waals surface area (Å²) < 4.78 is 10.7. The van der Waals surface area contributed by atoms with Crippen LogP contribution in [0, 0.1) is 5.92 Å². The Kier molecular flexibility index (Phi) is 6.72. The van der Waals surface area contributed by atoms with E-state index < -0.39 is 0 Å². The average molecular weight is 170 g/mol. The van der Waals surface area contributed by atoms with E-state index in [4.69, 9.17) is 9.47 Å². The molecule has 0 spiro atoms. The minimum absolute atomic E-state index is 0.152. The summed E-state index contributed by atoms with van der Waals surface area (Å²) in [4.78, 5) is 0. The van der Waals surface area contributed by atoms with Crippen molar-refractivity contribution >= 4 is 0 Å². The normalized spacial score (nSPS) is 10.7. The van der Waals surface area contributed by atoms with E-state index in [0.29, 0.717) is 19.1 Å². The molecular weight excluding hydrogens is 152 g/mol. The number of ether oxygens (including phenoxy) is 2. The van der Waals surface area contributed by atoms with Crippen LogP contribution in [-0.4, -0.2) is 19.5 Å². The van der Waals surface area contributed by atoms with Gasteiger partial charge >= 0.3 is 0 Å². The largest absolute Gasteiger partial charge is 0.348 e. The summed E-state index contributed by atoms with van der Waals surface area (Å²) in [5, 5.41) is 0. The van der Waals surface area contributed by atoms with Crippen LogP contribution >= 0.6 is 0 Å². The molecule has 0 heterocycles. The van der Waals surface area contributed by atoms with Crippen LogP contribution in [-0.2, 0) is 9.47 Å². The van der Waals surface area contributed by atoms with Crippen molar-refractivity contribution in [1.29, 1.82) is 0 Å². The molecule has 0 unspecified atom stereocenters. The molecule has 0 bridgehead atoms. The first kappa shape index (κ1) is 11.4. The van der Waals surface area contributed by atoms with Crippen LogP contribution in [0.25, 0.3) is 0 Å². The van der Waals surface area contributed by atoms with Gasteiger partial charge in [0, 0.05) is 5.92 Å². The topological polar surface area (TPSA) is 18.5 Å². The van der Waals surface area contributed by atoms with Gasteiger partial charge in [-0.05, 0) is 0 Å². The molecule has 2 nitrogen and oxygen atoms in total. The van der Waals surface area contributed by atoms with Crippen LogP contribution in [0.3, 0.4) is 0 Å². The van der Waals surface area contributed by atoms with Gasteiger partial charge in [0.05, 0.1) is 13.2 Å². The second-order valence-electron chi connectivity index (χ2n) is 2.86. The molecule has 70 valence electrons. The van der Waals surface area contributed by atoms with E-state index >= 15 is 0 Å². The lowest BCUT2D eigenvalue weighted by Gasteiger charge is -2.20. The molecule has 0 aromatic rings. The lowest BCUT2D eigenvalue weighted by molar-refractivity contribution is -0.151. The Balaban J connectivity index is 3.68. The summed E-state index contributed by atoms with van der Waals surface area (Å²) in [6.07, 6.45) is 3.28. The molecule has 0 saturated carbocycles. The zero-order valence-corrected chi connectivity index (χ0v) is 7.95. The first-order valence-electron chi connectivity index (χ1n) is 4.17. The van der Waals surface area contributed by atoms with Gasteiger partial charge < -0.3 is 9.47 Å². The van der Waals surface area contributed by atoms with E-state index in [0.717, 1.165) is 0 Å². The van der Waals surface area contributed by atoms with Crippen LogP contribution in [0.15, 0.2) is 25.3 Å². The predicted octanol–water partition coefficient (Wildman–Crippen LogP) is 2.37. The average Bonchev–Trinajstić information content (AvgIpc) is 2.04. The van der Waals surface area contributed by atoms with E-state index in [1.54, 1.807) is 12.2 Å². The molecule has 0 rings (SSSR count). The van der Waals surface area contributed by atoms with Gasteiger partial charge in [-0.3, -0.25) is 0 Å². The molecule has 0 radical (unpaired) electrons. The van der Waals surface area contributed by atoms with Crippen LogP contribution in [0.5, 0.6) is 0 Å². The first-order chi connectivity index (χ1) is 5.72. The summed E-state index contributed by atoms with van der Waals surface area (Å²) in [7, 11) is 0. The Morgan fingerprint density at radius 2 is 1.50 bits per heavy atom. The molecule has 0 aliphatic carbocycles. The zero-order chi connectivity index (χ0) is 9.40. The van der Waals surface area contributed by atoms with Crippen molar-refractivity contribution in [2.45, 2.75) is 20.1 Å². The molecule has 0 saturated heterocycles. The van der Waals surface area contributed by atoms with Gasteiger partial charge in [-0.25, -0.2) is 0 Å². The summed E-state index contributed by atoms with van der Waals surface area (Å²) >= 11 is 0. The van der Waals surface area contributed by atoms with Gasteiger partial charge in [0.2, 0.25) is 0 Å². The molecule has 0 aliphatic rings. The van der Waals surface area contributed by atoms with Crippen molar-refractivity contribution in [2.75, 3.05) is 13.2 Å². The van der Waals surface area contributed by atoms with E-state index in [9.17, 15) is 0 Å². The highest BCUT2D eigenvalue weighted by Crippen LogP contribution is 2.07. The van der Waals surface area contributed by atoms with Crippen molar-refractivity contribution < 1.29 is 9.47 Å². The van der Waals surface area contributed by atoms with Crippen molar-refractivity contribution in [1.82, 2.24) is 0 Å². The van der Waals surface area contributed by atoms with E-state index in [-0.39, 0.29) is 6.29 Å². The smallest absolute Gasteiger partial charge is 0.160 e. The molecule has 0 atom stereocenters. The third-order valence-corrected chi connectivity index (χ3v) is 1.30. The third-order valence-electron chi connectivity index (χ3n) is 1.30. The summed E-state index contributed by atoms with van der Waals surface area (Å²) in [5.41, 5.74) is 0. The Morgan fingerprint density at radius 3 is 1.75 bits per heavy atom. The van der Waals surface area contributed by atoms with Crippen molar-refractivity contribution in [3.8, 4) is 0 Å². The monoisotopic (exact) mass is 170 g/mol. The van der Waals surface area contributed by atoms with Gasteiger partial charge in [-0.15, -0.1) is 13.2 Å². The number of hydrogen-bond donors (Lipinski definition) is 0. The maximum Gasteiger partial charge on any atom is 0.160 e. The molecule has 0 aromatic carbocycles. The quantitative estimate of drug-likeness (QED) is 0.431. The van der Waals surface area contributed by atoms with Crippen LogP contribution in [0.1, 0.15) is 13.8 Å². The van der Waals surface area contributed by atoms with Gasteiger partial charge in [-0.2, -0.15) is 0 Å². The molecule has 0 fully saturated rings. The fourth-order valence-electron chi connectivity index (χ4n) is 0.759. The van der Waals surface area contributed by atoms with Crippen molar-refractivity contribution in [3.63, 3.8) is 0 Å². The number of rotatable bonds is 7. The van der Waals surface area contributed by atoms with Gasteiger partial charge in [0.15, 0.2) is 6.29 Å². The molecule has 2 heteroatoms.